The van der Waals surface area contributed by atoms with Gasteiger partial charge in [0, 0.05) is 6.54 Å². The molecule has 0 aliphatic rings. The molecule has 2 rings (SSSR count). The first-order valence-corrected chi connectivity index (χ1v) is 11.2. The van der Waals surface area contributed by atoms with Crippen molar-refractivity contribution >= 4 is 57.2 Å². The van der Waals surface area contributed by atoms with Gasteiger partial charge in [0.25, 0.3) is 5.91 Å². The van der Waals surface area contributed by atoms with Crippen molar-refractivity contribution in [2.45, 2.75) is 19.8 Å². The molecule has 3 N–H and O–H groups in total. The number of rotatable bonds is 10. The monoisotopic (exact) mass is 538 g/mol. The van der Waals surface area contributed by atoms with E-state index in [0.29, 0.717) is 38.8 Å². The van der Waals surface area contributed by atoms with E-state index in [1.807, 2.05) is 6.92 Å². The van der Waals surface area contributed by atoms with E-state index in [4.69, 9.17) is 21.1 Å². The number of nitrogens with zero attached hydrogens (tertiary/aromatic N) is 1. The second kappa shape index (κ2) is 13.4. The zero-order valence-electron chi connectivity index (χ0n) is 18.1. The summed E-state index contributed by atoms with van der Waals surface area (Å²) in [5.41, 5.74) is 3.20. The average Bonchev–Trinajstić information content (AvgIpc) is 2.79. The van der Waals surface area contributed by atoms with Gasteiger partial charge in [-0.25, -0.2) is 5.43 Å². The Morgan fingerprint density at radius 3 is 2.64 bits per heavy atom. The van der Waals surface area contributed by atoms with E-state index in [-0.39, 0.29) is 6.61 Å². The number of halogens is 2. The van der Waals surface area contributed by atoms with Crippen molar-refractivity contribution in [3.8, 4) is 11.5 Å². The summed E-state index contributed by atoms with van der Waals surface area (Å²) >= 11 is 9.41. The molecule has 0 bridgehead atoms. The lowest BCUT2D eigenvalue weighted by molar-refractivity contribution is -0.139. The average molecular weight is 540 g/mol. The predicted molar refractivity (Wildman–Crippen MR) is 130 cm³/mol. The largest absolute Gasteiger partial charge is 0.493 e. The highest BCUT2D eigenvalue weighted by molar-refractivity contribution is 9.10. The van der Waals surface area contributed by atoms with Gasteiger partial charge in [0.05, 0.1) is 28.5 Å². The molecule has 0 spiro atoms. The molecule has 0 aliphatic carbocycles. The Kier molecular flexibility index (Phi) is 10.6. The summed E-state index contributed by atoms with van der Waals surface area (Å²) in [4.78, 5) is 35.6. The first-order chi connectivity index (χ1) is 15.8. The van der Waals surface area contributed by atoms with Gasteiger partial charge in [-0.1, -0.05) is 37.1 Å². The van der Waals surface area contributed by atoms with Crippen molar-refractivity contribution in [3.63, 3.8) is 0 Å². The van der Waals surface area contributed by atoms with E-state index in [2.05, 4.69) is 37.1 Å². The van der Waals surface area contributed by atoms with Crippen molar-refractivity contribution in [2.24, 2.45) is 5.10 Å². The Hall–Kier alpha value is -3.11. The first kappa shape index (κ1) is 26.1. The smallest absolute Gasteiger partial charge is 0.329 e. The van der Waals surface area contributed by atoms with Gasteiger partial charge >= 0.3 is 11.8 Å². The number of methoxy groups -OCH3 is 1. The van der Waals surface area contributed by atoms with E-state index in [0.717, 1.165) is 12.8 Å². The van der Waals surface area contributed by atoms with Crippen molar-refractivity contribution in [3.05, 3.63) is 51.5 Å². The van der Waals surface area contributed by atoms with Crippen molar-refractivity contribution in [1.29, 1.82) is 0 Å². The van der Waals surface area contributed by atoms with E-state index in [1.165, 1.54) is 13.3 Å². The molecule has 33 heavy (non-hydrogen) atoms. The van der Waals surface area contributed by atoms with Crippen LogP contribution in [-0.2, 0) is 14.4 Å². The van der Waals surface area contributed by atoms with Gasteiger partial charge in [0.2, 0.25) is 0 Å². The molecule has 0 aliphatic heterocycles. The molecule has 0 unspecified atom stereocenters. The molecule has 2 aromatic carbocycles. The van der Waals surface area contributed by atoms with Crippen LogP contribution in [0.2, 0.25) is 5.02 Å². The van der Waals surface area contributed by atoms with Crippen molar-refractivity contribution in [1.82, 2.24) is 10.7 Å². The van der Waals surface area contributed by atoms with Crippen LogP contribution in [0.5, 0.6) is 11.5 Å². The molecule has 0 fully saturated rings. The number of anilines is 1. The molecule has 2 aromatic rings. The van der Waals surface area contributed by atoms with Gasteiger partial charge in [-0.15, -0.1) is 0 Å². The van der Waals surface area contributed by atoms with E-state index in [1.54, 1.807) is 36.4 Å². The number of para-hydroxylation sites is 1. The summed E-state index contributed by atoms with van der Waals surface area (Å²) in [6, 6.07) is 10.1. The Morgan fingerprint density at radius 2 is 1.94 bits per heavy atom. The summed E-state index contributed by atoms with van der Waals surface area (Å²) in [5.74, 6) is -1.37. The molecule has 0 atom stereocenters. The fourth-order valence-electron chi connectivity index (χ4n) is 2.52. The summed E-state index contributed by atoms with van der Waals surface area (Å²) in [5, 5.41) is 9.37. The number of carbonyl (C=O) groups is 3. The number of benzene rings is 2. The lowest BCUT2D eigenvalue weighted by atomic mass is 10.2. The molecular weight excluding hydrogens is 516 g/mol. The highest BCUT2D eigenvalue weighted by Gasteiger charge is 2.15. The Bertz CT molecular complexity index is 1030. The third kappa shape index (κ3) is 8.39. The minimum atomic E-state index is -0.863. The van der Waals surface area contributed by atoms with Gasteiger partial charge in [-0.3, -0.25) is 14.4 Å². The highest BCUT2D eigenvalue weighted by atomic mass is 79.9. The highest BCUT2D eigenvalue weighted by Crippen LogP contribution is 2.36. The zero-order chi connectivity index (χ0) is 24.2. The van der Waals surface area contributed by atoms with E-state index >= 15 is 0 Å². The minimum absolute atomic E-state index is 0.281. The molecule has 3 amide bonds. The van der Waals surface area contributed by atoms with Gasteiger partial charge in [-0.2, -0.15) is 5.10 Å². The van der Waals surface area contributed by atoms with Gasteiger partial charge in [0.1, 0.15) is 0 Å². The van der Waals surface area contributed by atoms with Crippen LogP contribution in [0.4, 0.5) is 5.69 Å². The molecular formula is C22H24BrClN4O5. The van der Waals surface area contributed by atoms with E-state index in [9.17, 15) is 14.4 Å². The molecule has 0 aromatic heterocycles. The third-order valence-corrected chi connectivity index (χ3v) is 5.07. The number of hydrogen-bond acceptors (Lipinski definition) is 6. The van der Waals surface area contributed by atoms with Crippen LogP contribution in [0, 0.1) is 0 Å². The van der Waals surface area contributed by atoms with Crippen molar-refractivity contribution in [2.75, 3.05) is 25.6 Å². The van der Waals surface area contributed by atoms with Gasteiger partial charge < -0.3 is 20.1 Å². The zero-order valence-corrected chi connectivity index (χ0v) is 20.5. The fourth-order valence-corrected chi connectivity index (χ4v) is 3.27. The van der Waals surface area contributed by atoms with Crippen LogP contribution in [-0.4, -0.2) is 44.2 Å². The van der Waals surface area contributed by atoms with Gasteiger partial charge in [-0.05, 0) is 52.2 Å². The van der Waals surface area contributed by atoms with Crippen LogP contribution in [0.15, 0.2) is 46.0 Å². The summed E-state index contributed by atoms with van der Waals surface area (Å²) in [6.45, 7) is 2.13. The quantitative estimate of drug-likeness (QED) is 0.185. The summed E-state index contributed by atoms with van der Waals surface area (Å²) in [6.07, 6.45) is 3.03. The number of nitrogens with one attached hydrogen (secondary N) is 3. The molecule has 9 nitrogen and oxygen atoms in total. The first-order valence-electron chi connectivity index (χ1n) is 10.0. The van der Waals surface area contributed by atoms with Gasteiger partial charge in [0.15, 0.2) is 18.1 Å². The standard InChI is InChI=1S/C22H24BrClN4O5/c1-3-4-9-25-21(30)22(31)28-26-12-14-10-15(23)20(18(11-14)32-2)33-13-19(29)27-17-8-6-5-7-16(17)24/h5-8,10-12H,3-4,9,13H2,1-2H3,(H,25,30)(H,27,29)(H,28,31)/b26-12-. The second-order valence-corrected chi connectivity index (χ2v) is 7.92. The number of carbonyl (C=O) groups excluding carboxylic acids is 3. The molecule has 176 valence electrons. The van der Waals surface area contributed by atoms with Crippen LogP contribution >= 0.6 is 27.5 Å². The SMILES string of the molecule is CCCCNC(=O)C(=O)N/N=C\c1cc(Br)c(OCC(=O)Nc2ccccc2Cl)c(OC)c1. The second-order valence-electron chi connectivity index (χ2n) is 6.66. The van der Waals surface area contributed by atoms with E-state index < -0.39 is 17.7 Å². The Balaban J connectivity index is 1.97. The number of amides is 3. The minimum Gasteiger partial charge on any atom is -0.493 e. The maximum absolute atomic E-state index is 12.2. The molecule has 0 saturated heterocycles. The molecule has 0 heterocycles. The number of unbranched alkanes of at least 4 members (excludes halogenated alkanes) is 1. The Labute approximate surface area is 205 Å². The predicted octanol–water partition coefficient (Wildman–Crippen LogP) is 3.50. The maximum atomic E-state index is 12.2. The maximum Gasteiger partial charge on any atom is 0.329 e. The van der Waals surface area contributed by atoms with Crippen LogP contribution in [0.25, 0.3) is 0 Å². The normalized spacial score (nSPS) is 10.5. The molecule has 11 heteroatoms. The summed E-state index contributed by atoms with van der Waals surface area (Å²) in [7, 11) is 1.45. The molecule has 0 saturated carbocycles. The van der Waals surface area contributed by atoms with Crippen LogP contribution in [0.3, 0.4) is 0 Å². The fraction of sp³-hybridized carbons (Fsp3) is 0.273. The number of hydrogen-bond donors (Lipinski definition) is 3. The molecule has 0 radical (unpaired) electrons. The number of hydrazone groups is 1. The number of ether oxygens (including phenoxy) is 2. The lowest BCUT2D eigenvalue weighted by Crippen LogP contribution is -2.38. The van der Waals surface area contributed by atoms with Crippen LogP contribution < -0.4 is 25.5 Å². The topological polar surface area (TPSA) is 118 Å². The van der Waals surface area contributed by atoms with Crippen LogP contribution in [0.1, 0.15) is 25.3 Å². The van der Waals surface area contributed by atoms with Crippen molar-refractivity contribution < 1.29 is 23.9 Å². The summed E-state index contributed by atoms with van der Waals surface area (Å²) < 4.78 is 11.4. The Morgan fingerprint density at radius 1 is 1.18 bits per heavy atom. The lowest BCUT2D eigenvalue weighted by Gasteiger charge is -2.14. The third-order valence-electron chi connectivity index (χ3n) is 4.15.